The van der Waals surface area contributed by atoms with Crippen LogP contribution < -0.4 is 14.6 Å². The Hall–Kier alpha value is -2.12. The zero-order chi connectivity index (χ0) is 18.2. The largest absolute Gasteiger partial charge is 0.492 e. The van der Waals surface area contributed by atoms with E-state index in [4.69, 9.17) is 9.88 Å². The molecule has 1 aliphatic rings. The Bertz CT molecular complexity index is 846. The highest BCUT2D eigenvalue weighted by atomic mass is 32.2. The van der Waals surface area contributed by atoms with Crippen molar-refractivity contribution in [3.8, 4) is 5.75 Å². The fourth-order valence-corrected chi connectivity index (χ4v) is 3.83. The molecule has 7 heteroatoms. The maximum Gasteiger partial charge on any atom is 0.296 e. The molecule has 1 fully saturated rings. The molecule has 2 aromatic rings. The Morgan fingerprint density at radius 3 is 2.44 bits per heavy atom. The van der Waals surface area contributed by atoms with Crippen molar-refractivity contribution in [2.75, 3.05) is 11.3 Å². The number of hydrogen-bond acceptors (Lipinski definition) is 4. The predicted octanol–water partition coefficient (Wildman–Crippen LogP) is 2.82. The summed E-state index contributed by atoms with van der Waals surface area (Å²) < 4.78 is 30.3. The number of aryl methyl sites for hydroxylation is 1. The summed E-state index contributed by atoms with van der Waals surface area (Å²) in [6.45, 7) is 7.00. The van der Waals surface area contributed by atoms with Crippen molar-refractivity contribution in [1.82, 2.24) is 4.98 Å². The van der Waals surface area contributed by atoms with E-state index in [2.05, 4.69) is 23.6 Å². The van der Waals surface area contributed by atoms with Gasteiger partial charge >= 0.3 is 0 Å². The van der Waals surface area contributed by atoms with Crippen molar-refractivity contribution in [2.45, 2.75) is 26.7 Å². The molecule has 0 spiro atoms. The van der Waals surface area contributed by atoms with Crippen molar-refractivity contribution in [3.05, 3.63) is 53.9 Å². The van der Waals surface area contributed by atoms with Crippen LogP contribution in [0.25, 0.3) is 0 Å². The van der Waals surface area contributed by atoms with Gasteiger partial charge in [-0.05, 0) is 48.1 Å². The lowest BCUT2D eigenvalue weighted by atomic mass is 10.0. The highest BCUT2D eigenvalue weighted by Gasteiger charge is 2.58. The predicted molar refractivity (Wildman–Crippen MR) is 97.7 cm³/mol. The molecule has 0 aliphatic heterocycles. The highest BCUT2D eigenvalue weighted by molar-refractivity contribution is 7.90. The quantitative estimate of drug-likeness (QED) is 0.827. The van der Waals surface area contributed by atoms with Crippen LogP contribution in [0.3, 0.4) is 0 Å². The summed E-state index contributed by atoms with van der Waals surface area (Å²) in [4.78, 5) is 4.24. The molecule has 1 aliphatic carbocycles. The third-order valence-electron chi connectivity index (χ3n) is 4.89. The van der Waals surface area contributed by atoms with Crippen LogP contribution in [0.4, 0.5) is 5.69 Å². The van der Waals surface area contributed by atoms with Gasteiger partial charge in [0.25, 0.3) is 10.2 Å². The fraction of sp³-hybridized carbons (Fsp3) is 0.389. The van der Waals surface area contributed by atoms with Gasteiger partial charge in [0.05, 0.1) is 12.8 Å². The summed E-state index contributed by atoms with van der Waals surface area (Å²) in [5.74, 6) is 1.54. The second-order valence-corrected chi connectivity index (χ2v) is 8.42. The number of pyridine rings is 1. The molecule has 6 nitrogen and oxygen atoms in total. The fourth-order valence-electron chi connectivity index (χ4n) is 3.37. The summed E-state index contributed by atoms with van der Waals surface area (Å²) in [6, 6.07) is 11.2. The molecule has 2 atom stereocenters. The zero-order valence-corrected chi connectivity index (χ0v) is 15.4. The first-order valence-corrected chi connectivity index (χ1v) is 9.67. The molecular weight excluding hydrogens is 338 g/mol. The Morgan fingerprint density at radius 2 is 1.88 bits per heavy atom. The van der Waals surface area contributed by atoms with Crippen molar-refractivity contribution >= 4 is 15.9 Å². The van der Waals surface area contributed by atoms with Gasteiger partial charge < -0.3 is 4.74 Å². The zero-order valence-electron chi connectivity index (χ0n) is 14.6. The molecule has 134 valence electrons. The monoisotopic (exact) mass is 361 g/mol. The lowest BCUT2D eigenvalue weighted by molar-refractivity contribution is 0.278. The molecule has 0 unspecified atom stereocenters. The topological polar surface area (TPSA) is 94.3 Å². The minimum atomic E-state index is -3.75. The second-order valence-electron chi connectivity index (χ2n) is 7.12. The summed E-state index contributed by atoms with van der Waals surface area (Å²) >= 11 is 0. The van der Waals surface area contributed by atoms with E-state index in [1.54, 1.807) is 18.3 Å². The van der Waals surface area contributed by atoms with Crippen LogP contribution in [0, 0.1) is 18.3 Å². The average Bonchev–Trinajstić information content (AvgIpc) is 3.07. The third-order valence-corrected chi connectivity index (χ3v) is 5.41. The van der Waals surface area contributed by atoms with E-state index in [1.165, 1.54) is 5.56 Å². The molecule has 25 heavy (non-hydrogen) atoms. The number of ether oxygens (including phenoxy) is 1. The van der Waals surface area contributed by atoms with E-state index in [0.29, 0.717) is 24.1 Å². The summed E-state index contributed by atoms with van der Waals surface area (Å²) in [6.07, 6.45) is 1.74. The van der Waals surface area contributed by atoms with Crippen molar-refractivity contribution in [1.29, 1.82) is 0 Å². The van der Waals surface area contributed by atoms with Crippen LogP contribution >= 0.6 is 0 Å². The molecule has 1 heterocycles. The van der Waals surface area contributed by atoms with Gasteiger partial charge in [-0.15, -0.1) is 0 Å². The molecule has 1 aromatic carbocycles. The van der Waals surface area contributed by atoms with Crippen LogP contribution in [0.5, 0.6) is 5.75 Å². The average molecular weight is 361 g/mol. The van der Waals surface area contributed by atoms with Crippen molar-refractivity contribution < 1.29 is 13.2 Å². The van der Waals surface area contributed by atoms with Gasteiger partial charge in [-0.25, -0.2) is 5.14 Å². The summed E-state index contributed by atoms with van der Waals surface area (Å²) in [5, 5.41) is 4.99. The lowest BCUT2D eigenvalue weighted by Crippen LogP contribution is -2.21. The molecule has 0 saturated heterocycles. The number of rotatable bonds is 6. The maximum absolute atomic E-state index is 11.1. The van der Waals surface area contributed by atoms with Crippen molar-refractivity contribution in [2.24, 2.45) is 16.5 Å². The Labute approximate surface area is 148 Å². The van der Waals surface area contributed by atoms with E-state index >= 15 is 0 Å². The van der Waals surface area contributed by atoms with Gasteiger partial charge in [0.1, 0.15) is 5.75 Å². The number of nitrogens with one attached hydrogen (secondary N) is 1. The minimum Gasteiger partial charge on any atom is -0.492 e. The minimum absolute atomic E-state index is 0.132. The molecule has 3 rings (SSSR count). The van der Waals surface area contributed by atoms with Gasteiger partial charge in [-0.2, -0.15) is 8.42 Å². The second kappa shape index (κ2) is 6.31. The molecular formula is C18H23N3O3S. The lowest BCUT2D eigenvalue weighted by Gasteiger charge is -2.07. The van der Waals surface area contributed by atoms with Gasteiger partial charge in [0, 0.05) is 17.3 Å². The van der Waals surface area contributed by atoms with Crippen molar-refractivity contribution in [3.63, 3.8) is 0 Å². The maximum atomic E-state index is 11.1. The Balaban J connectivity index is 1.65. The first kappa shape index (κ1) is 17.7. The van der Waals surface area contributed by atoms with E-state index in [9.17, 15) is 8.42 Å². The Morgan fingerprint density at radius 1 is 1.20 bits per heavy atom. The first-order chi connectivity index (χ1) is 11.7. The molecule has 0 bridgehead atoms. The summed E-state index contributed by atoms with van der Waals surface area (Å²) in [7, 11) is -3.75. The third kappa shape index (κ3) is 4.11. The van der Waals surface area contributed by atoms with Gasteiger partial charge in [-0.1, -0.05) is 26.0 Å². The van der Waals surface area contributed by atoms with Crippen LogP contribution in [0.1, 0.15) is 31.0 Å². The first-order valence-electron chi connectivity index (χ1n) is 8.13. The molecule has 3 N–H and O–H groups in total. The number of hydrogen-bond donors (Lipinski definition) is 2. The Kier molecular flexibility index (Phi) is 4.47. The number of nitrogens with zero attached hydrogens (tertiary/aromatic N) is 1. The normalized spacial score (nSPS) is 21.6. The van der Waals surface area contributed by atoms with E-state index < -0.39 is 10.2 Å². The molecule has 1 aromatic heterocycles. The van der Waals surface area contributed by atoms with Gasteiger partial charge in [-0.3, -0.25) is 9.71 Å². The van der Waals surface area contributed by atoms with Crippen LogP contribution in [0.15, 0.2) is 42.6 Å². The van der Waals surface area contributed by atoms with Gasteiger partial charge in [0.2, 0.25) is 0 Å². The smallest absolute Gasteiger partial charge is 0.296 e. The van der Waals surface area contributed by atoms with Crippen LogP contribution in [-0.2, 0) is 10.2 Å². The van der Waals surface area contributed by atoms with Crippen LogP contribution in [0.2, 0.25) is 0 Å². The van der Waals surface area contributed by atoms with Crippen LogP contribution in [-0.4, -0.2) is 20.0 Å². The molecule has 0 amide bonds. The SMILES string of the molecule is Cc1ccc(OC[C@H]2[C@H](c3ccc(NS(N)(=O)=O)cc3)C2(C)C)cn1. The highest BCUT2D eigenvalue weighted by Crippen LogP contribution is 2.64. The molecule has 1 saturated carbocycles. The van der Waals surface area contributed by atoms with E-state index in [-0.39, 0.29) is 5.41 Å². The van der Waals surface area contributed by atoms with Gasteiger partial charge in [0.15, 0.2) is 0 Å². The van der Waals surface area contributed by atoms with E-state index in [0.717, 1.165) is 11.4 Å². The van der Waals surface area contributed by atoms with E-state index in [1.807, 2.05) is 31.2 Å². The number of aromatic nitrogens is 1. The standard InChI is InChI=1S/C18H23N3O3S/c1-12-4-9-15(10-20-12)24-11-16-17(18(16,2)3)13-5-7-14(8-6-13)21-25(19,22)23/h4-10,16-17,21H,11H2,1-3H3,(H2,19,22,23)/t16-,17-/m0/s1. The number of benzene rings is 1. The number of nitrogens with two attached hydrogens (primary N) is 1. The molecule has 0 radical (unpaired) electrons. The number of anilines is 1. The summed E-state index contributed by atoms with van der Waals surface area (Å²) in [5.41, 5.74) is 2.72.